The van der Waals surface area contributed by atoms with Crippen LogP contribution in [0.25, 0.3) is 20.8 Å². The van der Waals surface area contributed by atoms with Crippen LogP contribution >= 0.6 is 11.3 Å². The molecule has 3 atom stereocenters. The molecule has 166 valence electrons. The van der Waals surface area contributed by atoms with Gasteiger partial charge in [0.05, 0.1) is 33.6 Å². The number of aliphatic hydroxyl groups excluding tert-OH is 2. The molecule has 2 aromatic heterocycles. The van der Waals surface area contributed by atoms with Gasteiger partial charge in [-0.2, -0.15) is 18.2 Å². The van der Waals surface area contributed by atoms with Gasteiger partial charge in [0.25, 0.3) is 0 Å². The number of halogens is 3. The topological polar surface area (TPSA) is 103 Å². The Morgan fingerprint density at radius 2 is 1.94 bits per heavy atom. The molecule has 11 heteroatoms. The summed E-state index contributed by atoms with van der Waals surface area (Å²) in [6.45, 7) is 0.390. The molecule has 0 bridgehead atoms. The van der Waals surface area contributed by atoms with Gasteiger partial charge in [0, 0.05) is 6.61 Å². The molecule has 1 aliphatic carbocycles. The van der Waals surface area contributed by atoms with Crippen molar-refractivity contribution in [3.8, 4) is 10.6 Å². The number of aromatic nitrogens is 3. The Hall–Kier alpha value is -2.50. The first-order valence-electron chi connectivity index (χ1n) is 9.84. The third kappa shape index (κ3) is 4.89. The van der Waals surface area contributed by atoms with Gasteiger partial charge in [-0.05, 0) is 37.8 Å². The molecule has 0 aliphatic heterocycles. The second-order valence-electron chi connectivity index (χ2n) is 7.65. The summed E-state index contributed by atoms with van der Waals surface area (Å²) in [6.07, 6.45) is -4.16. The van der Waals surface area contributed by atoms with Gasteiger partial charge in [-0.15, -0.1) is 11.3 Å². The lowest BCUT2D eigenvalue weighted by atomic mass is 10.1. The van der Waals surface area contributed by atoms with E-state index in [2.05, 4.69) is 25.6 Å². The molecule has 0 spiro atoms. The first kappa shape index (κ1) is 21.7. The summed E-state index contributed by atoms with van der Waals surface area (Å²) in [5.74, 6) is 0.0939. The number of anilines is 2. The van der Waals surface area contributed by atoms with E-state index in [4.69, 9.17) is 0 Å². The lowest BCUT2D eigenvalue weighted by molar-refractivity contribution is -0.115. The van der Waals surface area contributed by atoms with Crippen LogP contribution in [-0.4, -0.2) is 56.6 Å². The van der Waals surface area contributed by atoms with Crippen LogP contribution in [0.15, 0.2) is 24.3 Å². The van der Waals surface area contributed by atoms with Gasteiger partial charge >= 0.3 is 6.18 Å². The summed E-state index contributed by atoms with van der Waals surface area (Å²) < 4.78 is 39.0. The monoisotopic (exact) mass is 453 g/mol. The number of benzene rings is 1. The summed E-state index contributed by atoms with van der Waals surface area (Å²) in [4.78, 5) is 13.1. The van der Waals surface area contributed by atoms with Crippen molar-refractivity contribution in [2.24, 2.45) is 5.92 Å². The normalized spacial score (nSPS) is 21.5. The molecule has 1 aliphatic rings. The second kappa shape index (κ2) is 8.56. The average Bonchev–Trinajstić information content (AvgIpc) is 3.28. The quantitative estimate of drug-likeness (QED) is 0.452. The summed E-state index contributed by atoms with van der Waals surface area (Å²) in [5, 5.41) is 25.8. The van der Waals surface area contributed by atoms with Crippen LogP contribution in [0.2, 0.25) is 0 Å². The molecule has 0 saturated heterocycles. The van der Waals surface area contributed by atoms with Crippen molar-refractivity contribution >= 4 is 33.3 Å². The second-order valence-corrected chi connectivity index (χ2v) is 8.68. The van der Waals surface area contributed by atoms with Crippen LogP contribution in [0.3, 0.4) is 0 Å². The number of para-hydroxylation sites is 1. The van der Waals surface area contributed by atoms with E-state index in [0.717, 1.165) is 10.2 Å². The minimum absolute atomic E-state index is 0.0405. The third-order valence-electron chi connectivity index (χ3n) is 5.25. The molecule has 3 aromatic rings. The van der Waals surface area contributed by atoms with E-state index in [0.29, 0.717) is 34.9 Å². The first-order valence-corrected chi connectivity index (χ1v) is 10.7. The molecular formula is C20H22F3N5O2S. The molecule has 4 rings (SSSR count). The van der Waals surface area contributed by atoms with E-state index in [-0.39, 0.29) is 18.5 Å². The average molecular weight is 453 g/mol. The zero-order valence-corrected chi connectivity index (χ0v) is 17.5. The van der Waals surface area contributed by atoms with Gasteiger partial charge in [0.1, 0.15) is 17.4 Å². The zero-order valence-electron chi connectivity index (χ0n) is 16.6. The van der Waals surface area contributed by atoms with Crippen molar-refractivity contribution in [1.29, 1.82) is 0 Å². The standard InChI is InChI=1S/C20H22F3N5O2S/c1-10-16(18-27-12-4-2-3-5-15(12)31-18)17(26-13-6-11(8-29)7-14(13)30)28-19(25-10)24-9-20(21,22)23/h2-5,11,13-14,29-30H,6-9H2,1H3,(H2,24,25,26,28)/t11-,13?,14-/m0/s1. The number of alkyl halides is 3. The number of aryl methyl sites for hydroxylation is 1. The van der Waals surface area contributed by atoms with E-state index < -0.39 is 24.9 Å². The highest BCUT2D eigenvalue weighted by Crippen LogP contribution is 2.38. The summed E-state index contributed by atoms with van der Waals surface area (Å²) in [7, 11) is 0. The van der Waals surface area contributed by atoms with Crippen molar-refractivity contribution in [2.75, 3.05) is 23.8 Å². The molecule has 0 radical (unpaired) electrons. The largest absolute Gasteiger partial charge is 0.405 e. The smallest absolute Gasteiger partial charge is 0.396 e. The maximum Gasteiger partial charge on any atom is 0.405 e. The number of thiazole rings is 1. The lowest BCUT2D eigenvalue weighted by Crippen LogP contribution is -2.29. The minimum atomic E-state index is -4.41. The van der Waals surface area contributed by atoms with Crippen LogP contribution < -0.4 is 10.6 Å². The van der Waals surface area contributed by atoms with Gasteiger partial charge in [-0.3, -0.25) is 0 Å². The van der Waals surface area contributed by atoms with Crippen LogP contribution in [0.4, 0.5) is 24.9 Å². The van der Waals surface area contributed by atoms with Gasteiger partial charge in [-0.1, -0.05) is 12.1 Å². The van der Waals surface area contributed by atoms with E-state index in [1.807, 2.05) is 24.3 Å². The highest BCUT2D eigenvalue weighted by Gasteiger charge is 2.34. The predicted molar refractivity (Wildman–Crippen MR) is 113 cm³/mol. The Kier molecular flexibility index (Phi) is 6.00. The Bertz CT molecular complexity index is 1040. The van der Waals surface area contributed by atoms with E-state index in [1.54, 1.807) is 6.92 Å². The SMILES string of the molecule is Cc1nc(NCC(F)(F)F)nc(NC2C[C@H](CO)C[C@@H]2O)c1-c1nc2ccccc2s1. The number of fused-ring (bicyclic) bond motifs is 1. The molecule has 1 saturated carbocycles. The fourth-order valence-electron chi connectivity index (χ4n) is 3.77. The van der Waals surface area contributed by atoms with Gasteiger partial charge < -0.3 is 20.8 Å². The maximum atomic E-state index is 12.7. The number of hydrogen-bond acceptors (Lipinski definition) is 8. The van der Waals surface area contributed by atoms with Gasteiger partial charge in [-0.25, -0.2) is 9.97 Å². The predicted octanol–water partition coefficient (Wildman–Crippen LogP) is 3.58. The molecule has 4 N–H and O–H groups in total. The Morgan fingerprint density at radius 3 is 2.61 bits per heavy atom. The van der Waals surface area contributed by atoms with E-state index in [1.165, 1.54) is 11.3 Å². The number of nitrogens with zero attached hydrogens (tertiary/aromatic N) is 3. The number of nitrogens with one attached hydrogen (secondary N) is 2. The lowest BCUT2D eigenvalue weighted by Gasteiger charge is -2.20. The summed E-state index contributed by atoms with van der Waals surface area (Å²) in [6, 6.07) is 7.20. The summed E-state index contributed by atoms with van der Waals surface area (Å²) in [5.41, 5.74) is 1.85. The van der Waals surface area contributed by atoms with Crippen molar-refractivity contribution in [3.63, 3.8) is 0 Å². The molecular weight excluding hydrogens is 431 g/mol. The number of hydrogen-bond donors (Lipinski definition) is 4. The molecule has 2 heterocycles. The summed E-state index contributed by atoms with van der Waals surface area (Å²) >= 11 is 1.43. The zero-order chi connectivity index (χ0) is 22.2. The molecule has 0 amide bonds. The van der Waals surface area contributed by atoms with Crippen LogP contribution in [0.1, 0.15) is 18.5 Å². The molecule has 1 aromatic carbocycles. The number of rotatable bonds is 6. The Labute approximate surface area is 180 Å². The van der Waals surface area contributed by atoms with Crippen molar-refractivity contribution < 1.29 is 23.4 Å². The van der Waals surface area contributed by atoms with Crippen molar-refractivity contribution in [3.05, 3.63) is 30.0 Å². The molecule has 1 unspecified atom stereocenters. The molecule has 1 fully saturated rings. The van der Waals surface area contributed by atoms with Crippen molar-refractivity contribution in [2.45, 2.75) is 38.1 Å². The Morgan fingerprint density at radius 1 is 1.16 bits per heavy atom. The van der Waals surface area contributed by atoms with Crippen LogP contribution in [0.5, 0.6) is 0 Å². The highest BCUT2D eigenvalue weighted by molar-refractivity contribution is 7.21. The fourth-order valence-corrected chi connectivity index (χ4v) is 4.83. The van der Waals surface area contributed by atoms with E-state index in [9.17, 15) is 23.4 Å². The molecule has 7 nitrogen and oxygen atoms in total. The first-order chi connectivity index (χ1) is 14.7. The maximum absolute atomic E-state index is 12.7. The van der Waals surface area contributed by atoms with E-state index >= 15 is 0 Å². The van der Waals surface area contributed by atoms with Crippen molar-refractivity contribution in [1.82, 2.24) is 15.0 Å². The minimum Gasteiger partial charge on any atom is -0.396 e. The third-order valence-corrected chi connectivity index (χ3v) is 6.31. The number of aliphatic hydroxyl groups is 2. The van der Waals surface area contributed by atoms with Gasteiger partial charge in [0.2, 0.25) is 5.95 Å². The molecule has 31 heavy (non-hydrogen) atoms. The highest BCUT2D eigenvalue weighted by atomic mass is 32.1. The van der Waals surface area contributed by atoms with Gasteiger partial charge in [0.15, 0.2) is 0 Å². The van der Waals surface area contributed by atoms with Crippen LogP contribution in [-0.2, 0) is 0 Å². The fraction of sp³-hybridized carbons (Fsp3) is 0.450. The van der Waals surface area contributed by atoms with Crippen LogP contribution in [0, 0.1) is 12.8 Å². The Balaban J connectivity index is 1.73.